The van der Waals surface area contributed by atoms with Gasteiger partial charge in [-0.1, -0.05) is 42.5 Å². The van der Waals surface area contributed by atoms with E-state index in [4.69, 9.17) is 10.5 Å². The van der Waals surface area contributed by atoms with Gasteiger partial charge in [0.15, 0.2) is 6.61 Å². The van der Waals surface area contributed by atoms with Crippen LogP contribution in [0.25, 0.3) is 10.8 Å². The van der Waals surface area contributed by atoms with E-state index < -0.39 is 0 Å². The summed E-state index contributed by atoms with van der Waals surface area (Å²) in [5.74, 6) is 0.276. The van der Waals surface area contributed by atoms with E-state index in [0.29, 0.717) is 17.1 Å². The molecule has 0 aliphatic carbocycles. The van der Waals surface area contributed by atoms with Gasteiger partial charge in [-0.15, -0.1) is 0 Å². The number of nitrogen functional groups attached to an aromatic ring is 1. The Labute approximate surface area is 160 Å². The van der Waals surface area contributed by atoms with Crippen LogP contribution in [0.4, 0.5) is 5.69 Å². The molecular formula is C20H18BrN3O2. The van der Waals surface area contributed by atoms with E-state index >= 15 is 0 Å². The van der Waals surface area contributed by atoms with Gasteiger partial charge >= 0.3 is 0 Å². The highest BCUT2D eigenvalue weighted by Gasteiger charge is 2.08. The Bertz CT molecular complexity index is 968. The van der Waals surface area contributed by atoms with E-state index in [9.17, 15) is 4.79 Å². The van der Waals surface area contributed by atoms with Crippen LogP contribution in [-0.2, 0) is 4.79 Å². The van der Waals surface area contributed by atoms with Crippen LogP contribution in [0.3, 0.4) is 0 Å². The monoisotopic (exact) mass is 411 g/mol. The Morgan fingerprint density at radius 2 is 1.85 bits per heavy atom. The van der Waals surface area contributed by atoms with Crippen molar-refractivity contribution in [1.29, 1.82) is 0 Å². The lowest BCUT2D eigenvalue weighted by atomic mass is 10.1. The molecule has 6 heteroatoms. The number of benzene rings is 3. The van der Waals surface area contributed by atoms with E-state index in [1.807, 2.05) is 55.5 Å². The van der Waals surface area contributed by atoms with Gasteiger partial charge in [-0.25, -0.2) is 5.43 Å². The molecule has 0 aliphatic heterocycles. The molecule has 3 rings (SSSR count). The number of carbonyl (C=O) groups is 1. The lowest BCUT2D eigenvalue weighted by Crippen LogP contribution is -2.25. The van der Waals surface area contributed by atoms with Gasteiger partial charge in [-0.3, -0.25) is 4.79 Å². The number of halogens is 1. The van der Waals surface area contributed by atoms with Crippen molar-refractivity contribution in [2.45, 2.75) is 6.92 Å². The standard InChI is InChI=1S/C20H18BrN3O2/c1-13(14-6-9-16(22)10-7-14)23-24-19(25)12-26-18-11-8-15-4-2-3-5-17(15)20(18)21/h2-11H,12,22H2,1H3,(H,24,25)/b23-13-. The molecule has 3 N–H and O–H groups in total. The highest BCUT2D eigenvalue weighted by molar-refractivity contribution is 9.10. The van der Waals surface area contributed by atoms with Gasteiger partial charge < -0.3 is 10.5 Å². The summed E-state index contributed by atoms with van der Waals surface area (Å²) < 4.78 is 6.44. The van der Waals surface area contributed by atoms with Gasteiger partial charge in [0.2, 0.25) is 0 Å². The first-order chi connectivity index (χ1) is 12.5. The van der Waals surface area contributed by atoms with Crippen LogP contribution in [0.1, 0.15) is 12.5 Å². The maximum atomic E-state index is 12.0. The van der Waals surface area contributed by atoms with E-state index in [-0.39, 0.29) is 12.5 Å². The van der Waals surface area contributed by atoms with E-state index in [1.165, 1.54) is 0 Å². The van der Waals surface area contributed by atoms with Crippen molar-refractivity contribution in [2.75, 3.05) is 12.3 Å². The number of carbonyl (C=O) groups excluding carboxylic acids is 1. The maximum absolute atomic E-state index is 12.0. The molecule has 0 bridgehead atoms. The molecule has 0 spiro atoms. The minimum absolute atomic E-state index is 0.130. The highest BCUT2D eigenvalue weighted by atomic mass is 79.9. The normalized spacial score (nSPS) is 11.4. The predicted molar refractivity (Wildman–Crippen MR) is 108 cm³/mol. The summed E-state index contributed by atoms with van der Waals surface area (Å²) in [5.41, 5.74) is 10.4. The molecule has 0 aromatic heterocycles. The summed E-state index contributed by atoms with van der Waals surface area (Å²) in [4.78, 5) is 12.0. The summed E-state index contributed by atoms with van der Waals surface area (Å²) in [6.45, 7) is 1.68. The average molecular weight is 412 g/mol. The quantitative estimate of drug-likeness (QED) is 0.376. The molecular weight excluding hydrogens is 394 g/mol. The van der Waals surface area contributed by atoms with Crippen molar-refractivity contribution in [3.05, 3.63) is 70.7 Å². The fraction of sp³-hybridized carbons (Fsp3) is 0.100. The number of fused-ring (bicyclic) bond motifs is 1. The van der Waals surface area contributed by atoms with Crippen LogP contribution in [0.2, 0.25) is 0 Å². The predicted octanol–water partition coefficient (Wildman–Crippen LogP) is 4.10. The lowest BCUT2D eigenvalue weighted by Gasteiger charge is -2.10. The zero-order chi connectivity index (χ0) is 18.5. The molecule has 0 unspecified atom stereocenters. The van der Waals surface area contributed by atoms with Crippen LogP contribution in [-0.4, -0.2) is 18.2 Å². The minimum Gasteiger partial charge on any atom is -0.483 e. The number of hydrogen-bond acceptors (Lipinski definition) is 4. The second-order valence-corrected chi connectivity index (χ2v) is 6.53. The molecule has 0 radical (unpaired) electrons. The number of hydrazone groups is 1. The van der Waals surface area contributed by atoms with Crippen molar-refractivity contribution in [1.82, 2.24) is 5.43 Å². The van der Waals surface area contributed by atoms with Crippen LogP contribution in [0, 0.1) is 0 Å². The fourth-order valence-corrected chi connectivity index (χ4v) is 3.04. The third-order valence-corrected chi connectivity index (χ3v) is 4.68. The van der Waals surface area contributed by atoms with Gasteiger partial charge in [0.1, 0.15) is 5.75 Å². The van der Waals surface area contributed by atoms with Crippen LogP contribution in [0.5, 0.6) is 5.75 Å². The third kappa shape index (κ3) is 4.21. The van der Waals surface area contributed by atoms with Crippen LogP contribution < -0.4 is 15.9 Å². The second kappa shape index (κ2) is 8.01. The molecule has 0 fully saturated rings. The van der Waals surface area contributed by atoms with Crippen molar-refractivity contribution in [3.63, 3.8) is 0 Å². The third-order valence-electron chi connectivity index (χ3n) is 3.86. The molecule has 3 aromatic rings. The number of nitrogens with two attached hydrogens (primary N) is 1. The molecule has 0 saturated heterocycles. The Morgan fingerprint density at radius 3 is 2.62 bits per heavy atom. The van der Waals surface area contributed by atoms with E-state index in [1.54, 1.807) is 12.1 Å². The summed E-state index contributed by atoms with van der Waals surface area (Å²) in [6, 6.07) is 19.0. The number of nitrogens with zero attached hydrogens (tertiary/aromatic N) is 1. The Kier molecular flexibility index (Phi) is 5.53. The van der Waals surface area contributed by atoms with Crippen LogP contribution >= 0.6 is 15.9 Å². The first kappa shape index (κ1) is 17.9. The number of nitrogens with one attached hydrogen (secondary N) is 1. The summed E-state index contributed by atoms with van der Waals surface area (Å²) in [5, 5.41) is 6.22. The number of anilines is 1. The molecule has 3 aromatic carbocycles. The number of amides is 1. The second-order valence-electron chi connectivity index (χ2n) is 5.74. The summed E-state index contributed by atoms with van der Waals surface area (Å²) >= 11 is 3.54. The van der Waals surface area contributed by atoms with E-state index in [2.05, 4.69) is 26.5 Å². The average Bonchev–Trinajstić information content (AvgIpc) is 2.66. The first-order valence-electron chi connectivity index (χ1n) is 8.03. The molecule has 0 aliphatic rings. The highest BCUT2D eigenvalue weighted by Crippen LogP contribution is 2.32. The van der Waals surface area contributed by atoms with E-state index in [0.717, 1.165) is 20.8 Å². The van der Waals surface area contributed by atoms with Crippen molar-refractivity contribution in [3.8, 4) is 5.75 Å². The Balaban J connectivity index is 1.61. The Hall–Kier alpha value is -2.86. The molecule has 1 amide bonds. The molecule has 26 heavy (non-hydrogen) atoms. The van der Waals surface area contributed by atoms with Gasteiger partial charge in [0.05, 0.1) is 10.2 Å². The Morgan fingerprint density at radius 1 is 1.12 bits per heavy atom. The molecule has 5 nitrogen and oxygen atoms in total. The van der Waals surface area contributed by atoms with Gasteiger partial charge in [0, 0.05) is 5.69 Å². The summed E-state index contributed by atoms with van der Waals surface area (Å²) in [7, 11) is 0. The minimum atomic E-state index is -0.333. The topological polar surface area (TPSA) is 76.7 Å². The maximum Gasteiger partial charge on any atom is 0.277 e. The first-order valence-corrected chi connectivity index (χ1v) is 8.83. The van der Waals surface area contributed by atoms with Crippen molar-refractivity contribution < 1.29 is 9.53 Å². The number of ether oxygens (including phenoxy) is 1. The smallest absolute Gasteiger partial charge is 0.277 e. The summed E-state index contributed by atoms with van der Waals surface area (Å²) in [6.07, 6.45) is 0. The van der Waals surface area contributed by atoms with Crippen LogP contribution in [0.15, 0.2) is 70.2 Å². The zero-order valence-corrected chi connectivity index (χ0v) is 15.8. The van der Waals surface area contributed by atoms with Crippen molar-refractivity contribution >= 4 is 44.0 Å². The van der Waals surface area contributed by atoms with Gasteiger partial charge in [-0.2, -0.15) is 5.10 Å². The van der Waals surface area contributed by atoms with Crippen molar-refractivity contribution in [2.24, 2.45) is 5.10 Å². The molecule has 0 atom stereocenters. The SMILES string of the molecule is C/C(=N/NC(=O)COc1ccc2ccccc2c1Br)c1ccc(N)cc1. The lowest BCUT2D eigenvalue weighted by molar-refractivity contribution is -0.123. The molecule has 0 saturated carbocycles. The molecule has 132 valence electrons. The molecule has 0 heterocycles. The number of rotatable bonds is 5. The zero-order valence-electron chi connectivity index (χ0n) is 14.2. The number of hydrogen-bond donors (Lipinski definition) is 2. The van der Waals surface area contributed by atoms with Gasteiger partial charge in [0.25, 0.3) is 5.91 Å². The fourth-order valence-electron chi connectivity index (χ4n) is 2.44. The largest absolute Gasteiger partial charge is 0.483 e. The van der Waals surface area contributed by atoms with Gasteiger partial charge in [-0.05, 0) is 57.4 Å².